The van der Waals surface area contributed by atoms with Gasteiger partial charge in [-0.2, -0.15) is 0 Å². The van der Waals surface area contributed by atoms with Gasteiger partial charge in [-0.3, -0.25) is 0 Å². The molecular weight excluding hydrogens is 172 g/mol. The molecule has 0 aromatic carbocycles. The van der Waals surface area contributed by atoms with Crippen molar-refractivity contribution in [2.45, 2.75) is 0 Å². The molecule has 0 aromatic rings. The van der Waals surface area contributed by atoms with Crippen LogP contribution in [0.5, 0.6) is 0 Å². The van der Waals surface area contributed by atoms with Crippen molar-refractivity contribution in [3.8, 4) is 0 Å². The summed E-state index contributed by atoms with van der Waals surface area (Å²) in [6.07, 6.45) is 3.27. The van der Waals surface area contributed by atoms with Crippen LogP contribution >= 0.6 is 0 Å². The Morgan fingerprint density at radius 3 is 1.85 bits per heavy atom. The van der Waals surface area contributed by atoms with Crippen LogP contribution < -0.4 is 0 Å². The van der Waals surface area contributed by atoms with Crippen LogP contribution in [-0.4, -0.2) is 22.2 Å². The van der Waals surface area contributed by atoms with Crippen molar-refractivity contribution in [2.24, 2.45) is 5.92 Å². The minimum Gasteiger partial charge on any atom is -0.478 e. The van der Waals surface area contributed by atoms with Gasteiger partial charge in [0, 0.05) is 12.0 Å². The molecule has 4 nitrogen and oxygen atoms in total. The van der Waals surface area contributed by atoms with Gasteiger partial charge in [-0.1, -0.05) is 12.2 Å². The monoisotopic (exact) mass is 182 g/mol. The molecule has 70 valence electrons. The Bertz CT molecular complexity index is 267. The largest absolute Gasteiger partial charge is 0.478 e. The molecule has 0 spiro atoms. The summed E-state index contributed by atoms with van der Waals surface area (Å²) in [5.41, 5.74) is -0.252. The van der Waals surface area contributed by atoms with Gasteiger partial charge >= 0.3 is 11.9 Å². The number of aliphatic carboxylic acids is 2. The number of carbonyl (C=O) groups is 2. The van der Waals surface area contributed by atoms with Crippen molar-refractivity contribution < 1.29 is 19.8 Å². The third-order valence-electron chi connectivity index (χ3n) is 1.39. The topological polar surface area (TPSA) is 74.6 Å². The normalized spacial score (nSPS) is 11.0. The fraction of sp³-hybridized carbons (Fsp3) is 0.111. The quantitative estimate of drug-likeness (QED) is 0.492. The molecule has 0 bridgehead atoms. The molecule has 0 unspecified atom stereocenters. The molecule has 0 heterocycles. The van der Waals surface area contributed by atoms with Crippen LogP contribution in [0.3, 0.4) is 0 Å². The van der Waals surface area contributed by atoms with Gasteiger partial charge in [0.2, 0.25) is 0 Å². The van der Waals surface area contributed by atoms with E-state index in [-0.39, 0.29) is 5.57 Å². The minimum absolute atomic E-state index is 0.252. The van der Waals surface area contributed by atoms with Crippen molar-refractivity contribution in [1.29, 1.82) is 0 Å². The first-order chi connectivity index (χ1) is 6.02. The fourth-order valence-electron chi connectivity index (χ4n) is 0.784. The van der Waals surface area contributed by atoms with E-state index >= 15 is 0 Å². The van der Waals surface area contributed by atoms with E-state index in [0.29, 0.717) is 6.08 Å². The maximum absolute atomic E-state index is 10.6. The zero-order valence-electron chi connectivity index (χ0n) is 6.93. The first-order valence-corrected chi connectivity index (χ1v) is 3.45. The lowest BCUT2D eigenvalue weighted by atomic mass is 9.99. The lowest BCUT2D eigenvalue weighted by molar-refractivity contribution is -0.135. The van der Waals surface area contributed by atoms with Gasteiger partial charge in [-0.25, -0.2) is 9.59 Å². The van der Waals surface area contributed by atoms with E-state index in [9.17, 15) is 9.59 Å². The lowest BCUT2D eigenvalue weighted by Crippen LogP contribution is -2.10. The highest BCUT2D eigenvalue weighted by Crippen LogP contribution is 2.13. The van der Waals surface area contributed by atoms with Crippen molar-refractivity contribution in [1.82, 2.24) is 0 Å². The Hall–Kier alpha value is -1.84. The van der Waals surface area contributed by atoms with Crippen LogP contribution in [0.25, 0.3) is 0 Å². The van der Waals surface area contributed by atoms with Gasteiger partial charge in [-0.05, 0) is 0 Å². The highest BCUT2D eigenvalue weighted by Gasteiger charge is 2.15. The molecule has 0 rings (SSSR count). The summed E-state index contributed by atoms with van der Waals surface area (Å²) in [7, 11) is 0. The van der Waals surface area contributed by atoms with E-state index in [4.69, 9.17) is 10.2 Å². The molecule has 0 amide bonds. The van der Waals surface area contributed by atoms with Gasteiger partial charge < -0.3 is 10.2 Å². The molecule has 0 aliphatic heterocycles. The maximum Gasteiger partial charge on any atom is 0.332 e. The third-order valence-corrected chi connectivity index (χ3v) is 1.39. The molecule has 2 N–H and O–H groups in total. The second kappa shape index (κ2) is 4.92. The Morgan fingerprint density at radius 1 is 1.15 bits per heavy atom. The van der Waals surface area contributed by atoms with Crippen molar-refractivity contribution >= 4 is 11.9 Å². The molecule has 13 heavy (non-hydrogen) atoms. The second-order valence-corrected chi connectivity index (χ2v) is 2.24. The Morgan fingerprint density at radius 2 is 1.62 bits per heavy atom. The minimum atomic E-state index is -1.30. The van der Waals surface area contributed by atoms with E-state index in [0.717, 1.165) is 0 Å². The predicted octanol–water partition coefficient (Wildman–Crippen LogP) is 1.07. The highest BCUT2D eigenvalue weighted by atomic mass is 16.4. The van der Waals surface area contributed by atoms with Crippen LogP contribution in [0.4, 0.5) is 0 Å². The number of allylic oxidation sites excluding steroid dienone is 2. The fourth-order valence-corrected chi connectivity index (χ4v) is 0.784. The van der Waals surface area contributed by atoms with Crippen LogP contribution in [-0.2, 0) is 9.59 Å². The predicted molar refractivity (Wildman–Crippen MR) is 47.2 cm³/mol. The van der Waals surface area contributed by atoms with Crippen molar-refractivity contribution in [2.75, 3.05) is 0 Å². The van der Waals surface area contributed by atoms with Gasteiger partial charge in [0.1, 0.15) is 0 Å². The molecule has 0 saturated carbocycles. The summed E-state index contributed by atoms with van der Waals surface area (Å²) in [6, 6.07) is 0. The summed E-state index contributed by atoms with van der Waals surface area (Å²) in [5, 5.41) is 17.0. The Kier molecular flexibility index (Phi) is 4.23. The van der Waals surface area contributed by atoms with E-state index in [1.807, 2.05) is 0 Å². The van der Waals surface area contributed by atoms with Crippen molar-refractivity contribution in [3.05, 3.63) is 37.0 Å². The molecule has 0 aliphatic carbocycles. The zero-order valence-corrected chi connectivity index (χ0v) is 6.93. The number of carboxylic acid groups (broad SMARTS) is 2. The average Bonchev–Trinajstić information content (AvgIpc) is 2.04. The first-order valence-electron chi connectivity index (χ1n) is 3.45. The van der Waals surface area contributed by atoms with Crippen molar-refractivity contribution in [3.63, 3.8) is 0 Å². The molecule has 0 fully saturated rings. The molecule has 0 aliphatic rings. The smallest absolute Gasteiger partial charge is 0.332 e. The number of rotatable bonds is 5. The maximum atomic E-state index is 10.6. The van der Waals surface area contributed by atoms with Gasteiger partial charge in [0.25, 0.3) is 0 Å². The van der Waals surface area contributed by atoms with Crippen LogP contribution in [0.15, 0.2) is 37.0 Å². The average molecular weight is 182 g/mol. The summed E-state index contributed by atoms with van der Waals surface area (Å²) in [5.74, 6) is -3.23. The van der Waals surface area contributed by atoms with Gasteiger partial charge in [0.15, 0.2) is 0 Å². The Balaban J connectivity index is 5.00. The standard InChI is InChI=1S/C9H10O4/c1-3-6(4-2)7(9(12)13)5-8(10)11/h3-6H,1-2H2,(H,10,11)(H,12,13)/b7-5+. The zero-order chi connectivity index (χ0) is 10.4. The molecule has 0 aromatic heterocycles. The second-order valence-electron chi connectivity index (χ2n) is 2.24. The molecule has 0 atom stereocenters. The van der Waals surface area contributed by atoms with E-state index in [1.54, 1.807) is 0 Å². The molecule has 0 saturated heterocycles. The lowest BCUT2D eigenvalue weighted by Gasteiger charge is -2.06. The van der Waals surface area contributed by atoms with E-state index < -0.39 is 17.9 Å². The van der Waals surface area contributed by atoms with Gasteiger partial charge in [-0.15, -0.1) is 13.2 Å². The summed E-state index contributed by atoms with van der Waals surface area (Å²) in [6.45, 7) is 6.75. The van der Waals surface area contributed by atoms with E-state index in [1.165, 1.54) is 12.2 Å². The number of hydrogen-bond acceptors (Lipinski definition) is 2. The van der Waals surface area contributed by atoms with Crippen LogP contribution in [0, 0.1) is 5.92 Å². The highest BCUT2D eigenvalue weighted by molar-refractivity contribution is 5.95. The first kappa shape index (κ1) is 11.2. The van der Waals surface area contributed by atoms with E-state index in [2.05, 4.69) is 13.2 Å². The number of hydrogen-bond donors (Lipinski definition) is 2. The SMILES string of the molecule is C=CC(C=C)/C(=C\C(=O)O)C(=O)O. The number of carboxylic acids is 2. The molecule has 0 radical (unpaired) electrons. The summed E-state index contributed by atoms with van der Waals surface area (Å²) >= 11 is 0. The Labute approximate surface area is 75.5 Å². The third kappa shape index (κ3) is 3.37. The molecule has 4 heteroatoms. The summed E-state index contributed by atoms with van der Waals surface area (Å²) in [4.78, 5) is 20.8. The van der Waals surface area contributed by atoms with Crippen LogP contribution in [0.2, 0.25) is 0 Å². The summed E-state index contributed by atoms with van der Waals surface area (Å²) < 4.78 is 0. The molecular formula is C9H10O4. The van der Waals surface area contributed by atoms with Crippen LogP contribution in [0.1, 0.15) is 0 Å². The van der Waals surface area contributed by atoms with Gasteiger partial charge in [0.05, 0.1) is 5.57 Å².